The van der Waals surface area contributed by atoms with Crippen molar-refractivity contribution in [3.63, 3.8) is 0 Å². The van der Waals surface area contributed by atoms with Crippen molar-refractivity contribution in [1.82, 2.24) is 10.6 Å². The van der Waals surface area contributed by atoms with Gasteiger partial charge in [-0.2, -0.15) is 0 Å². The van der Waals surface area contributed by atoms with Crippen LogP contribution in [-0.4, -0.2) is 40.4 Å². The highest BCUT2D eigenvalue weighted by molar-refractivity contribution is 8.15. The Morgan fingerprint density at radius 3 is 2.03 bits per heavy atom. The van der Waals surface area contributed by atoms with Gasteiger partial charge in [0.25, 0.3) is 0 Å². The van der Waals surface area contributed by atoms with Gasteiger partial charge >= 0.3 is 0 Å². The zero-order chi connectivity index (χ0) is 26.2. The molecule has 1 saturated carbocycles. The molecule has 0 spiro atoms. The third-order valence-electron chi connectivity index (χ3n) is 7.66. The van der Waals surface area contributed by atoms with E-state index in [1.54, 1.807) is 21.4 Å². The standard InChI is InChI=1S/C8H10OS.C8H10S.C7H9NOS.C7H9NS/c9-8-5-6-3-1-2-4-7(6)10-8;1-2-4-8-7(3-1)5-6-9-8;9-7-3-5-4-8-2-1-6(5)10-7;1-3-8-5-6-2-4-9-7(1)6/h5,7H,1-4H2;5-6H,1-4H2;3,6,8H,1-2,4H2;2,4,8H,1,3,5H2. The van der Waals surface area contributed by atoms with Gasteiger partial charge in [0.05, 0.1) is 0 Å². The molecule has 4 aliphatic heterocycles. The molecule has 2 aromatic rings. The van der Waals surface area contributed by atoms with Crippen LogP contribution in [0.25, 0.3) is 0 Å². The molecule has 4 nitrogen and oxygen atoms in total. The van der Waals surface area contributed by atoms with Crippen molar-refractivity contribution in [2.45, 2.75) is 81.3 Å². The number of carbonyl (C=O) groups is 2. The highest BCUT2D eigenvalue weighted by Crippen LogP contribution is 2.38. The minimum atomic E-state index is 0.240. The van der Waals surface area contributed by atoms with Crippen molar-refractivity contribution in [1.29, 1.82) is 0 Å². The number of rotatable bonds is 0. The number of hydrogen-bond donors (Lipinski definition) is 2. The van der Waals surface area contributed by atoms with Crippen molar-refractivity contribution >= 4 is 56.4 Å². The molecule has 0 aromatic carbocycles. The summed E-state index contributed by atoms with van der Waals surface area (Å²) in [5, 5.41) is 12.6. The summed E-state index contributed by atoms with van der Waals surface area (Å²) in [6.45, 7) is 4.22. The molecule has 204 valence electrons. The van der Waals surface area contributed by atoms with Crippen LogP contribution >= 0.6 is 46.2 Å². The van der Waals surface area contributed by atoms with Crippen molar-refractivity contribution in [2.24, 2.45) is 0 Å². The van der Waals surface area contributed by atoms with E-state index in [0.717, 1.165) is 32.6 Å². The Morgan fingerprint density at radius 2 is 1.29 bits per heavy atom. The number of thiophene rings is 2. The molecule has 2 atom stereocenters. The predicted octanol–water partition coefficient (Wildman–Crippen LogP) is 6.70. The number of nitrogens with one attached hydrogen (secondary N) is 2. The smallest absolute Gasteiger partial charge is 0.212 e. The van der Waals surface area contributed by atoms with Gasteiger partial charge in [-0.05, 0) is 116 Å². The molecule has 0 amide bonds. The Labute approximate surface area is 243 Å². The van der Waals surface area contributed by atoms with E-state index in [4.69, 9.17) is 0 Å². The van der Waals surface area contributed by atoms with E-state index in [0.29, 0.717) is 10.5 Å². The molecule has 2 unspecified atom stereocenters. The molecule has 38 heavy (non-hydrogen) atoms. The zero-order valence-corrected chi connectivity index (χ0v) is 25.2. The first-order chi connectivity index (χ1) is 18.7. The van der Waals surface area contributed by atoms with Crippen LogP contribution < -0.4 is 10.6 Å². The SMILES string of the molecule is O=C1C=C2CCCCC2S1.O=C1C=C2CNCCC2S1.c1cc2c(s1)CCCC2.c1cc2c(s1)CCNC2. The summed E-state index contributed by atoms with van der Waals surface area (Å²) in [5.41, 5.74) is 5.82. The maximum absolute atomic E-state index is 10.9. The fourth-order valence-corrected chi connectivity index (χ4v) is 9.63. The highest BCUT2D eigenvalue weighted by Gasteiger charge is 2.28. The maximum Gasteiger partial charge on any atom is 0.212 e. The van der Waals surface area contributed by atoms with Crippen LogP contribution in [0.5, 0.6) is 0 Å². The highest BCUT2D eigenvalue weighted by atomic mass is 32.2. The predicted molar refractivity (Wildman–Crippen MR) is 166 cm³/mol. The molecule has 2 fully saturated rings. The van der Waals surface area contributed by atoms with Crippen LogP contribution in [-0.2, 0) is 35.4 Å². The van der Waals surface area contributed by atoms with Crippen LogP contribution in [0.4, 0.5) is 0 Å². The quantitative estimate of drug-likeness (QED) is 0.358. The maximum atomic E-state index is 10.9. The molecule has 6 heterocycles. The number of hydrogen-bond acceptors (Lipinski definition) is 8. The van der Waals surface area contributed by atoms with Crippen molar-refractivity contribution < 1.29 is 9.59 Å². The van der Waals surface area contributed by atoms with Crippen molar-refractivity contribution in [3.8, 4) is 0 Å². The fraction of sp³-hybridized carbons (Fsp3) is 0.533. The third kappa shape index (κ3) is 7.95. The van der Waals surface area contributed by atoms with Gasteiger partial charge in [-0.25, -0.2) is 0 Å². The largest absolute Gasteiger partial charge is 0.313 e. The van der Waals surface area contributed by atoms with Crippen LogP contribution in [0, 0.1) is 0 Å². The number of thioether (sulfide) groups is 2. The first-order valence-electron chi connectivity index (χ1n) is 14.0. The van der Waals surface area contributed by atoms with E-state index in [2.05, 4.69) is 33.5 Å². The van der Waals surface area contributed by atoms with E-state index >= 15 is 0 Å². The van der Waals surface area contributed by atoms with Crippen molar-refractivity contribution in [3.05, 3.63) is 67.1 Å². The molecule has 8 heteroatoms. The lowest BCUT2D eigenvalue weighted by Crippen LogP contribution is -2.30. The third-order valence-corrected chi connectivity index (χ3v) is 12.1. The van der Waals surface area contributed by atoms with Gasteiger partial charge in [-0.15, -0.1) is 22.7 Å². The number of aryl methyl sites for hydroxylation is 2. The van der Waals surface area contributed by atoms with Gasteiger partial charge in [0.15, 0.2) is 0 Å². The van der Waals surface area contributed by atoms with Crippen LogP contribution in [0.15, 0.2) is 46.2 Å². The van der Waals surface area contributed by atoms with Gasteiger partial charge in [0.2, 0.25) is 10.2 Å². The molecule has 1 saturated heterocycles. The lowest BCUT2D eigenvalue weighted by molar-refractivity contribution is -0.107. The second-order valence-corrected chi connectivity index (χ2v) is 14.8. The van der Waals surface area contributed by atoms with Gasteiger partial charge in [-0.3, -0.25) is 9.59 Å². The van der Waals surface area contributed by atoms with Gasteiger partial charge in [0.1, 0.15) is 0 Å². The molecule has 6 aliphatic rings. The van der Waals surface area contributed by atoms with Crippen molar-refractivity contribution in [2.75, 3.05) is 19.6 Å². The Kier molecular flexibility index (Phi) is 10.8. The lowest BCUT2D eigenvalue weighted by Gasteiger charge is -2.19. The Bertz CT molecular complexity index is 1030. The fourth-order valence-electron chi connectivity index (χ4n) is 5.58. The van der Waals surface area contributed by atoms with Gasteiger partial charge in [0, 0.05) is 39.9 Å². The summed E-state index contributed by atoms with van der Waals surface area (Å²) in [5.74, 6) is 0. The topological polar surface area (TPSA) is 58.2 Å². The minimum absolute atomic E-state index is 0.240. The first kappa shape index (κ1) is 28.4. The number of fused-ring (bicyclic) bond motifs is 4. The second kappa shape index (κ2) is 14.5. The van der Waals surface area contributed by atoms with E-state index in [9.17, 15) is 9.59 Å². The second-order valence-electron chi connectivity index (χ2n) is 10.4. The van der Waals surface area contributed by atoms with Crippen LogP contribution in [0.3, 0.4) is 0 Å². The molecular formula is C30H38N2O2S4. The molecule has 0 bridgehead atoms. The van der Waals surface area contributed by atoms with Crippen LogP contribution in [0.1, 0.15) is 65.8 Å². The molecule has 0 radical (unpaired) electrons. The Hall–Kier alpha value is -1.16. The normalized spacial score (nSPS) is 24.9. The van der Waals surface area contributed by atoms with E-state index in [-0.39, 0.29) is 10.2 Å². The lowest BCUT2D eigenvalue weighted by atomic mass is 9.95. The summed E-state index contributed by atoms with van der Waals surface area (Å²) in [7, 11) is 0. The summed E-state index contributed by atoms with van der Waals surface area (Å²) in [6.07, 6.45) is 16.4. The zero-order valence-electron chi connectivity index (χ0n) is 22.0. The molecule has 2 N–H and O–H groups in total. The summed E-state index contributed by atoms with van der Waals surface area (Å²) >= 11 is 6.81. The minimum Gasteiger partial charge on any atom is -0.313 e. The first-order valence-corrected chi connectivity index (χ1v) is 17.5. The summed E-state index contributed by atoms with van der Waals surface area (Å²) in [4.78, 5) is 25.0. The average molecular weight is 587 g/mol. The van der Waals surface area contributed by atoms with E-state index in [1.165, 1.54) is 98.0 Å². The monoisotopic (exact) mass is 586 g/mol. The average Bonchev–Trinajstić information content (AvgIpc) is 3.74. The summed E-state index contributed by atoms with van der Waals surface area (Å²) < 4.78 is 0. The Morgan fingerprint density at radius 1 is 0.632 bits per heavy atom. The van der Waals surface area contributed by atoms with Crippen LogP contribution in [0.2, 0.25) is 0 Å². The summed E-state index contributed by atoms with van der Waals surface area (Å²) in [6, 6.07) is 4.49. The number of piperidine rings is 1. The molecule has 8 rings (SSSR count). The van der Waals surface area contributed by atoms with Gasteiger partial charge < -0.3 is 10.6 Å². The number of carbonyl (C=O) groups excluding carboxylic acids is 2. The Balaban J connectivity index is 0.000000103. The van der Waals surface area contributed by atoms with Gasteiger partial charge in [-0.1, -0.05) is 35.5 Å². The molecule has 2 aliphatic carbocycles. The molecule has 2 aromatic heterocycles. The van der Waals surface area contributed by atoms with E-state index < -0.39 is 0 Å². The van der Waals surface area contributed by atoms with E-state index in [1.807, 2.05) is 28.7 Å². The molecular weight excluding hydrogens is 549 g/mol.